The summed E-state index contributed by atoms with van der Waals surface area (Å²) in [5, 5.41) is 13.0. The van der Waals surface area contributed by atoms with Crippen molar-refractivity contribution < 1.29 is 4.39 Å². The van der Waals surface area contributed by atoms with Crippen LogP contribution in [0, 0.1) is 17.7 Å². The molecule has 3 heterocycles. The van der Waals surface area contributed by atoms with Crippen molar-refractivity contribution in [1.29, 1.82) is 0 Å². The lowest BCUT2D eigenvalue weighted by molar-refractivity contribution is 0.183. The molecule has 0 saturated heterocycles. The number of halogens is 1. The minimum absolute atomic E-state index is 0.123. The first-order chi connectivity index (χ1) is 14.0. The van der Waals surface area contributed by atoms with Crippen LogP contribution in [0.1, 0.15) is 39.2 Å². The molecule has 4 aromatic rings. The number of rotatable bonds is 2. The molecule has 0 aliphatic heterocycles. The molecule has 0 amide bonds. The van der Waals surface area contributed by atoms with E-state index in [2.05, 4.69) is 29.1 Å². The normalized spacial score (nSPS) is 22.4. The topological polar surface area (TPSA) is 65.1 Å². The third-order valence-electron chi connectivity index (χ3n) is 6.47. The summed E-state index contributed by atoms with van der Waals surface area (Å²) in [5.74, 6) is 0.730. The Kier molecular flexibility index (Phi) is 4.19. The SMILES string of the molecule is C[C@@H]1[C@H](C)CCC[C@H]1n1ccc2c(nnc3c(-c4ccc(F)cc4)cnn32)c1=O. The molecule has 29 heavy (non-hydrogen) atoms. The first kappa shape index (κ1) is 18.0. The van der Waals surface area contributed by atoms with Gasteiger partial charge in [-0.3, -0.25) is 4.79 Å². The van der Waals surface area contributed by atoms with Crippen molar-refractivity contribution in [3.8, 4) is 11.1 Å². The van der Waals surface area contributed by atoms with Crippen molar-refractivity contribution >= 4 is 16.7 Å². The predicted octanol–water partition coefficient (Wildman–Crippen LogP) is 4.24. The summed E-state index contributed by atoms with van der Waals surface area (Å²) in [4.78, 5) is 13.2. The Balaban J connectivity index is 1.65. The number of nitrogens with zero attached hydrogens (tertiary/aromatic N) is 5. The fourth-order valence-electron chi connectivity index (χ4n) is 4.55. The highest BCUT2D eigenvalue weighted by atomic mass is 19.1. The van der Waals surface area contributed by atoms with Gasteiger partial charge in [-0.05, 0) is 42.0 Å². The molecule has 0 bridgehead atoms. The van der Waals surface area contributed by atoms with E-state index in [-0.39, 0.29) is 17.4 Å². The monoisotopic (exact) mass is 391 g/mol. The maximum atomic E-state index is 13.3. The van der Waals surface area contributed by atoms with Gasteiger partial charge in [0.15, 0.2) is 11.2 Å². The molecular formula is C22H22FN5O. The zero-order valence-electron chi connectivity index (χ0n) is 16.4. The van der Waals surface area contributed by atoms with Gasteiger partial charge in [-0.25, -0.2) is 8.91 Å². The van der Waals surface area contributed by atoms with Crippen LogP contribution in [0.5, 0.6) is 0 Å². The van der Waals surface area contributed by atoms with Crippen molar-refractivity contribution in [2.75, 3.05) is 0 Å². The lowest BCUT2D eigenvalue weighted by Gasteiger charge is -2.35. The van der Waals surface area contributed by atoms with Crippen LogP contribution in [0.15, 0.2) is 47.5 Å². The second-order valence-corrected chi connectivity index (χ2v) is 8.10. The number of aromatic nitrogens is 5. The van der Waals surface area contributed by atoms with Crippen molar-refractivity contribution in [2.24, 2.45) is 11.8 Å². The largest absolute Gasteiger partial charge is 0.310 e. The highest BCUT2D eigenvalue weighted by molar-refractivity contribution is 5.82. The van der Waals surface area contributed by atoms with Crippen LogP contribution in [0.3, 0.4) is 0 Å². The standard InChI is InChI=1S/C22H22FN5O/c1-13-4-3-5-18(14(13)2)27-11-10-19-20(22(27)29)25-26-21-17(12-24-28(19)21)15-6-8-16(23)9-7-15/h6-14,18H,3-5H2,1-2H3/t13-,14-,18-/m1/s1. The van der Waals surface area contributed by atoms with Gasteiger partial charge in [-0.15, -0.1) is 10.2 Å². The molecule has 5 rings (SSSR count). The minimum Gasteiger partial charge on any atom is -0.310 e. The molecule has 3 atom stereocenters. The Morgan fingerprint density at radius 1 is 1.07 bits per heavy atom. The molecule has 1 aliphatic carbocycles. The van der Waals surface area contributed by atoms with Crippen molar-refractivity contribution in [2.45, 2.75) is 39.2 Å². The van der Waals surface area contributed by atoms with Gasteiger partial charge >= 0.3 is 0 Å². The van der Waals surface area contributed by atoms with E-state index in [1.54, 1.807) is 22.8 Å². The zero-order chi connectivity index (χ0) is 20.1. The highest BCUT2D eigenvalue weighted by Gasteiger charge is 2.29. The smallest absolute Gasteiger partial charge is 0.280 e. The Morgan fingerprint density at radius 3 is 2.66 bits per heavy atom. The maximum Gasteiger partial charge on any atom is 0.280 e. The van der Waals surface area contributed by atoms with Crippen molar-refractivity contribution in [3.63, 3.8) is 0 Å². The first-order valence-electron chi connectivity index (χ1n) is 10.1. The molecule has 1 aromatic carbocycles. The van der Waals surface area contributed by atoms with Crippen LogP contribution in [-0.4, -0.2) is 24.4 Å². The van der Waals surface area contributed by atoms with Crippen molar-refractivity contribution in [1.82, 2.24) is 24.4 Å². The molecule has 6 nitrogen and oxygen atoms in total. The number of pyridine rings is 1. The summed E-state index contributed by atoms with van der Waals surface area (Å²) < 4.78 is 16.7. The number of fused-ring (bicyclic) bond motifs is 3. The van der Waals surface area contributed by atoms with E-state index >= 15 is 0 Å². The summed E-state index contributed by atoms with van der Waals surface area (Å²) in [6, 6.07) is 8.24. The van der Waals surface area contributed by atoms with E-state index < -0.39 is 0 Å². The predicted molar refractivity (Wildman–Crippen MR) is 109 cm³/mol. The van der Waals surface area contributed by atoms with Gasteiger partial charge in [-0.2, -0.15) is 5.10 Å². The average Bonchev–Trinajstić information content (AvgIpc) is 3.16. The van der Waals surface area contributed by atoms with Gasteiger partial charge < -0.3 is 4.57 Å². The Morgan fingerprint density at radius 2 is 1.86 bits per heavy atom. The minimum atomic E-state index is -0.298. The van der Waals surface area contributed by atoms with Crippen LogP contribution < -0.4 is 5.56 Å². The fourth-order valence-corrected chi connectivity index (χ4v) is 4.55. The molecule has 1 aliphatic rings. The highest BCUT2D eigenvalue weighted by Crippen LogP contribution is 2.37. The van der Waals surface area contributed by atoms with E-state index in [1.807, 2.05) is 16.8 Å². The summed E-state index contributed by atoms with van der Waals surface area (Å²) in [5.41, 5.74) is 2.91. The van der Waals surface area contributed by atoms with Gasteiger partial charge in [0, 0.05) is 17.8 Å². The van der Waals surface area contributed by atoms with Crippen LogP contribution in [0.25, 0.3) is 27.8 Å². The lowest BCUT2D eigenvalue weighted by Crippen LogP contribution is -2.34. The maximum absolute atomic E-state index is 13.3. The number of benzene rings is 1. The van der Waals surface area contributed by atoms with Crippen LogP contribution >= 0.6 is 0 Å². The van der Waals surface area contributed by atoms with E-state index in [0.717, 1.165) is 24.0 Å². The van der Waals surface area contributed by atoms with Gasteiger partial charge in [-0.1, -0.05) is 38.8 Å². The van der Waals surface area contributed by atoms with E-state index in [4.69, 9.17) is 0 Å². The Labute approximate surface area is 167 Å². The van der Waals surface area contributed by atoms with Gasteiger partial charge in [0.05, 0.1) is 6.20 Å². The Hall–Kier alpha value is -3.09. The third kappa shape index (κ3) is 2.84. The van der Waals surface area contributed by atoms with Gasteiger partial charge in [0.1, 0.15) is 11.3 Å². The Bertz CT molecular complexity index is 1260. The molecule has 0 radical (unpaired) electrons. The van der Waals surface area contributed by atoms with E-state index in [0.29, 0.717) is 28.5 Å². The molecule has 148 valence electrons. The summed E-state index contributed by atoms with van der Waals surface area (Å²) in [7, 11) is 0. The van der Waals surface area contributed by atoms with Crippen molar-refractivity contribution in [3.05, 3.63) is 58.9 Å². The van der Waals surface area contributed by atoms with Gasteiger partial charge in [0.25, 0.3) is 5.56 Å². The molecule has 7 heteroatoms. The molecule has 0 unspecified atom stereocenters. The third-order valence-corrected chi connectivity index (χ3v) is 6.47. The number of hydrogen-bond acceptors (Lipinski definition) is 4. The molecule has 0 N–H and O–H groups in total. The van der Waals surface area contributed by atoms with Crippen LogP contribution in [0.4, 0.5) is 4.39 Å². The molecule has 1 fully saturated rings. The summed E-state index contributed by atoms with van der Waals surface area (Å²) >= 11 is 0. The van der Waals surface area contributed by atoms with Crippen LogP contribution in [0.2, 0.25) is 0 Å². The summed E-state index contributed by atoms with van der Waals surface area (Å²) in [6.45, 7) is 4.48. The quantitative estimate of drug-likeness (QED) is 0.513. The second-order valence-electron chi connectivity index (χ2n) is 8.10. The van der Waals surface area contributed by atoms with E-state index in [1.165, 1.54) is 18.6 Å². The molecular weight excluding hydrogens is 369 g/mol. The first-order valence-corrected chi connectivity index (χ1v) is 10.1. The van der Waals surface area contributed by atoms with E-state index in [9.17, 15) is 9.18 Å². The van der Waals surface area contributed by atoms with Gasteiger partial charge in [0.2, 0.25) is 0 Å². The molecule has 0 spiro atoms. The zero-order valence-corrected chi connectivity index (χ0v) is 16.4. The summed E-state index contributed by atoms with van der Waals surface area (Å²) in [6.07, 6.45) is 6.88. The lowest BCUT2D eigenvalue weighted by atomic mass is 9.78. The number of hydrogen-bond donors (Lipinski definition) is 0. The van der Waals surface area contributed by atoms with Crippen LogP contribution in [-0.2, 0) is 0 Å². The fraction of sp³-hybridized carbons (Fsp3) is 0.364. The molecule has 3 aromatic heterocycles. The second kappa shape index (κ2) is 6.76. The molecule has 1 saturated carbocycles. The average molecular weight is 391 g/mol.